The molecule has 2 rings (SSSR count). The molecule has 2 saturated heterocycles. The highest BCUT2D eigenvalue weighted by Crippen LogP contribution is 2.37. The van der Waals surface area contributed by atoms with E-state index in [1.54, 1.807) is 0 Å². The number of rotatable bonds is 2. The number of carbonyl (C=O) groups excluding carboxylic acids is 1. The molecule has 2 heterocycles. The fraction of sp³-hybridized carbons (Fsp3) is 0.929. The number of nitrogens with one attached hydrogen (secondary N) is 2. The molecule has 2 fully saturated rings. The Bertz CT molecular complexity index is 320. The Morgan fingerprint density at radius 3 is 2.33 bits per heavy atom. The van der Waals surface area contributed by atoms with Crippen molar-refractivity contribution in [2.75, 3.05) is 13.1 Å². The summed E-state index contributed by atoms with van der Waals surface area (Å²) in [4.78, 5) is 12.3. The van der Waals surface area contributed by atoms with Crippen LogP contribution in [0.1, 0.15) is 47.0 Å². The van der Waals surface area contributed by atoms with Gasteiger partial charge in [-0.1, -0.05) is 0 Å². The number of ether oxygens (including phenoxy) is 1. The van der Waals surface area contributed by atoms with Crippen LogP contribution in [0.4, 0.5) is 0 Å². The third-order valence-corrected chi connectivity index (χ3v) is 4.10. The lowest BCUT2D eigenvalue weighted by atomic mass is 9.92. The maximum atomic E-state index is 12.3. The van der Waals surface area contributed by atoms with Crippen molar-refractivity contribution in [1.29, 1.82) is 0 Å². The van der Waals surface area contributed by atoms with E-state index >= 15 is 0 Å². The summed E-state index contributed by atoms with van der Waals surface area (Å²) < 4.78 is 6.01. The summed E-state index contributed by atoms with van der Waals surface area (Å²) >= 11 is 0. The summed E-state index contributed by atoms with van der Waals surface area (Å²) in [7, 11) is 0. The lowest BCUT2D eigenvalue weighted by Gasteiger charge is -2.30. The summed E-state index contributed by atoms with van der Waals surface area (Å²) in [5, 5.41) is 6.49. The molecular formula is C14H26N2O2. The number of carbonyl (C=O) groups is 1. The third kappa shape index (κ3) is 3.04. The van der Waals surface area contributed by atoms with Gasteiger partial charge in [0, 0.05) is 5.92 Å². The van der Waals surface area contributed by atoms with Crippen LogP contribution >= 0.6 is 0 Å². The monoisotopic (exact) mass is 254 g/mol. The van der Waals surface area contributed by atoms with E-state index in [2.05, 4.69) is 38.3 Å². The Morgan fingerprint density at radius 1 is 1.22 bits per heavy atom. The van der Waals surface area contributed by atoms with Gasteiger partial charge >= 0.3 is 0 Å². The molecule has 18 heavy (non-hydrogen) atoms. The van der Waals surface area contributed by atoms with Gasteiger partial charge in [-0.25, -0.2) is 0 Å². The number of hydrogen-bond acceptors (Lipinski definition) is 3. The molecule has 4 heteroatoms. The normalized spacial score (nSPS) is 31.2. The standard InChI is InChI=1S/C14H26N2O2/c1-13(2)9-11(14(3,4)18-13)16-12(17)10-5-7-15-8-6-10/h10-11,15H,5-9H2,1-4H3,(H,16,17)/t11-/m0/s1. The van der Waals surface area contributed by atoms with Crippen LogP contribution in [-0.4, -0.2) is 36.2 Å². The first-order valence-electron chi connectivity index (χ1n) is 7.01. The zero-order chi connectivity index (χ0) is 13.4. The molecule has 0 saturated carbocycles. The average molecular weight is 254 g/mol. The fourth-order valence-corrected chi connectivity index (χ4v) is 3.16. The molecule has 0 spiro atoms. The van der Waals surface area contributed by atoms with Crippen molar-refractivity contribution in [2.24, 2.45) is 5.92 Å². The lowest BCUT2D eigenvalue weighted by molar-refractivity contribution is -0.128. The van der Waals surface area contributed by atoms with Crippen molar-refractivity contribution in [3.05, 3.63) is 0 Å². The Morgan fingerprint density at radius 2 is 1.83 bits per heavy atom. The van der Waals surface area contributed by atoms with Gasteiger partial charge in [0.1, 0.15) is 0 Å². The number of piperidine rings is 1. The quantitative estimate of drug-likeness (QED) is 0.784. The molecule has 1 amide bonds. The van der Waals surface area contributed by atoms with Crippen molar-refractivity contribution in [2.45, 2.75) is 64.2 Å². The SMILES string of the molecule is CC1(C)C[C@H](NC(=O)C2CCNCC2)C(C)(C)O1. The smallest absolute Gasteiger partial charge is 0.223 e. The number of amides is 1. The predicted molar refractivity (Wildman–Crippen MR) is 71.4 cm³/mol. The molecule has 2 N–H and O–H groups in total. The molecule has 0 radical (unpaired) electrons. The van der Waals surface area contributed by atoms with E-state index in [4.69, 9.17) is 4.74 Å². The summed E-state index contributed by atoms with van der Waals surface area (Å²) in [6, 6.07) is 0.120. The average Bonchev–Trinajstić information content (AvgIpc) is 2.48. The summed E-state index contributed by atoms with van der Waals surface area (Å²) in [5.74, 6) is 0.377. The molecule has 0 aromatic rings. The fourth-order valence-electron chi connectivity index (χ4n) is 3.16. The van der Waals surface area contributed by atoms with Crippen LogP contribution in [0.2, 0.25) is 0 Å². The highest BCUT2D eigenvalue weighted by atomic mass is 16.5. The van der Waals surface area contributed by atoms with Crippen LogP contribution < -0.4 is 10.6 Å². The van der Waals surface area contributed by atoms with E-state index < -0.39 is 0 Å². The van der Waals surface area contributed by atoms with Crippen LogP contribution in [0.25, 0.3) is 0 Å². The maximum Gasteiger partial charge on any atom is 0.223 e. The van der Waals surface area contributed by atoms with E-state index in [0.717, 1.165) is 32.4 Å². The van der Waals surface area contributed by atoms with E-state index in [1.807, 2.05) is 0 Å². The van der Waals surface area contributed by atoms with Crippen molar-refractivity contribution in [3.8, 4) is 0 Å². The Hall–Kier alpha value is -0.610. The molecule has 0 aliphatic carbocycles. The van der Waals surface area contributed by atoms with Crippen LogP contribution in [-0.2, 0) is 9.53 Å². The highest BCUT2D eigenvalue weighted by Gasteiger charge is 2.46. The van der Waals surface area contributed by atoms with Crippen molar-refractivity contribution in [3.63, 3.8) is 0 Å². The van der Waals surface area contributed by atoms with Crippen molar-refractivity contribution >= 4 is 5.91 Å². The van der Waals surface area contributed by atoms with Gasteiger partial charge in [0.15, 0.2) is 0 Å². The molecule has 4 nitrogen and oxygen atoms in total. The Balaban J connectivity index is 1.94. The second-order valence-electron chi connectivity index (χ2n) is 6.75. The molecule has 0 aromatic carbocycles. The van der Waals surface area contributed by atoms with Crippen molar-refractivity contribution in [1.82, 2.24) is 10.6 Å². The minimum absolute atomic E-state index is 0.120. The first-order chi connectivity index (χ1) is 8.30. The molecule has 2 aliphatic heterocycles. The number of hydrogen-bond donors (Lipinski definition) is 2. The van der Waals surface area contributed by atoms with Gasteiger partial charge in [-0.05, 0) is 60.0 Å². The molecule has 0 aromatic heterocycles. The zero-order valence-corrected chi connectivity index (χ0v) is 12.0. The van der Waals surface area contributed by atoms with Gasteiger partial charge in [0.2, 0.25) is 5.91 Å². The van der Waals surface area contributed by atoms with E-state index in [0.29, 0.717) is 0 Å². The summed E-state index contributed by atoms with van der Waals surface area (Å²) in [5.41, 5.74) is -0.415. The molecular weight excluding hydrogens is 228 g/mol. The van der Waals surface area contributed by atoms with Crippen molar-refractivity contribution < 1.29 is 9.53 Å². The zero-order valence-electron chi connectivity index (χ0n) is 12.0. The van der Waals surface area contributed by atoms with E-state index in [-0.39, 0.29) is 29.1 Å². The molecule has 0 unspecified atom stereocenters. The Labute approximate surface area is 110 Å². The van der Waals surface area contributed by atoms with Crippen LogP contribution in [0.5, 0.6) is 0 Å². The van der Waals surface area contributed by atoms with Crippen LogP contribution in [0, 0.1) is 5.92 Å². The highest BCUT2D eigenvalue weighted by molar-refractivity contribution is 5.79. The van der Waals surface area contributed by atoms with Gasteiger partial charge in [-0.2, -0.15) is 0 Å². The van der Waals surface area contributed by atoms with Crippen LogP contribution in [0.15, 0.2) is 0 Å². The Kier molecular flexibility index (Phi) is 3.70. The van der Waals surface area contributed by atoms with E-state index in [9.17, 15) is 4.79 Å². The van der Waals surface area contributed by atoms with Gasteiger partial charge in [0.05, 0.1) is 17.2 Å². The van der Waals surface area contributed by atoms with E-state index in [1.165, 1.54) is 0 Å². The minimum atomic E-state index is -0.272. The molecule has 1 atom stereocenters. The molecule has 0 bridgehead atoms. The first kappa shape index (κ1) is 13.8. The third-order valence-electron chi connectivity index (χ3n) is 4.10. The van der Waals surface area contributed by atoms with Gasteiger partial charge < -0.3 is 15.4 Å². The predicted octanol–water partition coefficient (Wildman–Crippen LogP) is 1.45. The van der Waals surface area contributed by atoms with Gasteiger partial charge in [-0.15, -0.1) is 0 Å². The molecule has 2 aliphatic rings. The summed E-state index contributed by atoms with van der Waals surface area (Å²) in [6.45, 7) is 10.2. The maximum absolute atomic E-state index is 12.3. The largest absolute Gasteiger partial charge is 0.367 e. The first-order valence-corrected chi connectivity index (χ1v) is 7.01. The topological polar surface area (TPSA) is 50.4 Å². The van der Waals surface area contributed by atoms with Gasteiger partial charge in [0.25, 0.3) is 0 Å². The second-order valence-corrected chi connectivity index (χ2v) is 6.75. The second kappa shape index (κ2) is 4.82. The van der Waals surface area contributed by atoms with Gasteiger partial charge in [-0.3, -0.25) is 4.79 Å². The summed E-state index contributed by atoms with van der Waals surface area (Å²) in [6.07, 6.45) is 2.78. The van der Waals surface area contributed by atoms with Crippen LogP contribution in [0.3, 0.4) is 0 Å². The lowest BCUT2D eigenvalue weighted by Crippen LogP contribution is -2.49. The molecule has 104 valence electrons. The minimum Gasteiger partial charge on any atom is -0.367 e.